The van der Waals surface area contributed by atoms with E-state index in [0.717, 1.165) is 54.8 Å². The van der Waals surface area contributed by atoms with Gasteiger partial charge in [0.15, 0.2) is 0 Å². The van der Waals surface area contributed by atoms with Gasteiger partial charge in [0, 0.05) is 18.5 Å². The zero-order valence-corrected chi connectivity index (χ0v) is 13.3. The third-order valence-corrected chi connectivity index (χ3v) is 4.88. The first-order valence-corrected chi connectivity index (χ1v) is 7.99. The van der Waals surface area contributed by atoms with Crippen molar-refractivity contribution >= 4 is 23.2 Å². The van der Waals surface area contributed by atoms with Gasteiger partial charge in [0.1, 0.15) is 0 Å². The van der Waals surface area contributed by atoms with Crippen molar-refractivity contribution in [1.82, 2.24) is 15.1 Å². The van der Waals surface area contributed by atoms with Gasteiger partial charge in [0.2, 0.25) is 0 Å². The highest BCUT2D eigenvalue weighted by Crippen LogP contribution is 2.27. The van der Waals surface area contributed by atoms with Crippen LogP contribution >= 0.6 is 23.2 Å². The van der Waals surface area contributed by atoms with Crippen LogP contribution in [0.3, 0.4) is 0 Å². The molecule has 1 aliphatic rings. The van der Waals surface area contributed by atoms with Gasteiger partial charge in [-0.1, -0.05) is 11.6 Å². The lowest BCUT2D eigenvalue weighted by Gasteiger charge is -2.25. The molecule has 1 heterocycles. The van der Waals surface area contributed by atoms with E-state index in [2.05, 4.69) is 17.3 Å². The van der Waals surface area contributed by atoms with Gasteiger partial charge in [0.25, 0.3) is 0 Å². The second-order valence-electron chi connectivity index (χ2n) is 5.41. The highest BCUT2D eigenvalue weighted by molar-refractivity contribution is 6.31. The second-order valence-corrected chi connectivity index (χ2v) is 6.41. The Morgan fingerprint density at radius 3 is 2.63 bits per heavy atom. The second kappa shape index (κ2) is 6.96. The van der Waals surface area contributed by atoms with Crippen molar-refractivity contribution in [2.45, 2.75) is 58.0 Å². The molecule has 5 heteroatoms. The lowest BCUT2D eigenvalue weighted by Crippen LogP contribution is -2.27. The Morgan fingerprint density at radius 1 is 1.32 bits per heavy atom. The van der Waals surface area contributed by atoms with Gasteiger partial charge in [0.05, 0.1) is 16.4 Å². The van der Waals surface area contributed by atoms with Crippen molar-refractivity contribution in [2.24, 2.45) is 5.92 Å². The minimum absolute atomic E-state index is 0.398. The molecule has 0 amide bonds. The Morgan fingerprint density at radius 2 is 2.00 bits per heavy atom. The smallest absolute Gasteiger partial charge is 0.0860 e. The molecule has 0 spiro atoms. The van der Waals surface area contributed by atoms with Crippen molar-refractivity contribution in [3.8, 4) is 0 Å². The fourth-order valence-electron chi connectivity index (χ4n) is 2.76. The van der Waals surface area contributed by atoms with E-state index >= 15 is 0 Å². The highest BCUT2D eigenvalue weighted by atomic mass is 35.5. The summed E-state index contributed by atoms with van der Waals surface area (Å²) in [5.74, 6) is 0.757. The standard InChI is InChI=1S/C14H23Cl2N3/c1-3-19-13(14(16)10(2)18-19)9-17-8-11-4-6-12(15)7-5-11/h11-12,17H,3-9H2,1-2H3. The van der Waals surface area contributed by atoms with Crippen LogP contribution in [-0.2, 0) is 13.1 Å². The average Bonchev–Trinajstić information content (AvgIpc) is 2.68. The molecule has 0 radical (unpaired) electrons. The quantitative estimate of drug-likeness (QED) is 0.840. The summed E-state index contributed by atoms with van der Waals surface area (Å²) in [5, 5.41) is 9.16. The molecule has 3 nitrogen and oxygen atoms in total. The van der Waals surface area contributed by atoms with Crippen molar-refractivity contribution < 1.29 is 0 Å². The first-order valence-electron chi connectivity index (χ1n) is 7.18. The number of nitrogens with one attached hydrogen (secondary N) is 1. The molecule has 0 atom stereocenters. The first kappa shape index (κ1) is 15.1. The number of alkyl halides is 1. The van der Waals surface area contributed by atoms with E-state index in [1.807, 2.05) is 11.6 Å². The fraction of sp³-hybridized carbons (Fsp3) is 0.786. The number of aryl methyl sites for hydroxylation is 2. The van der Waals surface area contributed by atoms with Crippen LogP contribution in [0.2, 0.25) is 5.02 Å². The fourth-order valence-corrected chi connectivity index (χ4v) is 3.21. The normalized spacial score (nSPS) is 23.8. The lowest BCUT2D eigenvalue weighted by molar-refractivity contribution is 0.344. The SMILES string of the molecule is CCn1nc(C)c(Cl)c1CNCC1CCC(Cl)CC1. The van der Waals surface area contributed by atoms with Gasteiger partial charge >= 0.3 is 0 Å². The third-order valence-electron chi connectivity index (χ3n) is 3.95. The molecule has 1 N–H and O–H groups in total. The molecule has 0 aromatic carbocycles. The van der Waals surface area contributed by atoms with Crippen molar-refractivity contribution in [3.05, 3.63) is 16.4 Å². The molecule has 0 aliphatic heterocycles. The number of aromatic nitrogens is 2. The Bertz CT molecular complexity index is 409. The van der Waals surface area contributed by atoms with Crippen molar-refractivity contribution in [1.29, 1.82) is 0 Å². The van der Waals surface area contributed by atoms with E-state index in [-0.39, 0.29) is 0 Å². The Hall–Kier alpha value is -0.250. The van der Waals surface area contributed by atoms with E-state index < -0.39 is 0 Å². The van der Waals surface area contributed by atoms with Crippen LogP contribution in [0, 0.1) is 12.8 Å². The molecule has 0 unspecified atom stereocenters. The van der Waals surface area contributed by atoms with Crippen molar-refractivity contribution in [3.63, 3.8) is 0 Å². The molecule has 1 saturated carbocycles. The van der Waals surface area contributed by atoms with E-state index in [0.29, 0.717) is 5.38 Å². The largest absolute Gasteiger partial charge is 0.311 e. The Balaban J connectivity index is 1.82. The maximum Gasteiger partial charge on any atom is 0.0860 e. The summed E-state index contributed by atoms with van der Waals surface area (Å²) < 4.78 is 1.99. The third kappa shape index (κ3) is 3.87. The van der Waals surface area contributed by atoms with Crippen LogP contribution in [0.4, 0.5) is 0 Å². The van der Waals surface area contributed by atoms with Gasteiger partial charge in [-0.05, 0) is 52.0 Å². The zero-order valence-electron chi connectivity index (χ0n) is 11.8. The van der Waals surface area contributed by atoms with E-state index in [1.165, 1.54) is 12.8 Å². The number of hydrogen-bond acceptors (Lipinski definition) is 2. The summed E-state index contributed by atoms with van der Waals surface area (Å²) in [5.41, 5.74) is 2.02. The van der Waals surface area contributed by atoms with Gasteiger partial charge in [-0.15, -0.1) is 11.6 Å². The predicted molar refractivity (Wildman–Crippen MR) is 81.0 cm³/mol. The summed E-state index contributed by atoms with van der Waals surface area (Å²) in [6.07, 6.45) is 4.78. The van der Waals surface area contributed by atoms with Gasteiger partial charge in [-0.2, -0.15) is 5.10 Å². The van der Waals surface area contributed by atoms with Gasteiger partial charge < -0.3 is 5.32 Å². The molecular weight excluding hydrogens is 281 g/mol. The van der Waals surface area contributed by atoms with Gasteiger partial charge in [-0.25, -0.2) is 0 Å². The van der Waals surface area contributed by atoms with Crippen LogP contribution in [0.25, 0.3) is 0 Å². The number of nitrogens with zero attached hydrogens (tertiary/aromatic N) is 2. The van der Waals surface area contributed by atoms with Crippen LogP contribution in [0.5, 0.6) is 0 Å². The summed E-state index contributed by atoms with van der Waals surface area (Å²) in [7, 11) is 0. The predicted octanol–water partition coefficient (Wildman–Crippen LogP) is 3.75. The number of hydrogen-bond donors (Lipinski definition) is 1. The van der Waals surface area contributed by atoms with Crippen LogP contribution in [-0.4, -0.2) is 21.7 Å². The number of halogens is 2. The first-order chi connectivity index (χ1) is 9.11. The molecule has 0 bridgehead atoms. The van der Waals surface area contributed by atoms with E-state index in [4.69, 9.17) is 23.2 Å². The molecule has 19 heavy (non-hydrogen) atoms. The Kier molecular flexibility index (Phi) is 5.55. The monoisotopic (exact) mass is 303 g/mol. The van der Waals surface area contributed by atoms with Crippen LogP contribution in [0.1, 0.15) is 44.0 Å². The molecule has 0 saturated heterocycles. The Labute approximate surface area is 125 Å². The molecule has 1 aromatic rings. The molecule has 108 valence electrons. The molecule has 1 fully saturated rings. The summed E-state index contributed by atoms with van der Waals surface area (Å²) in [6.45, 7) is 6.76. The number of rotatable bonds is 5. The van der Waals surface area contributed by atoms with E-state index in [9.17, 15) is 0 Å². The van der Waals surface area contributed by atoms with Crippen LogP contribution < -0.4 is 5.32 Å². The lowest BCUT2D eigenvalue weighted by atomic mass is 9.89. The maximum atomic E-state index is 6.29. The molecule has 1 aliphatic carbocycles. The maximum absolute atomic E-state index is 6.29. The summed E-state index contributed by atoms with van der Waals surface area (Å²) in [4.78, 5) is 0. The van der Waals surface area contributed by atoms with Crippen LogP contribution in [0.15, 0.2) is 0 Å². The average molecular weight is 304 g/mol. The molecule has 1 aromatic heterocycles. The van der Waals surface area contributed by atoms with Gasteiger partial charge in [-0.3, -0.25) is 4.68 Å². The minimum Gasteiger partial charge on any atom is -0.311 e. The topological polar surface area (TPSA) is 29.9 Å². The highest BCUT2D eigenvalue weighted by Gasteiger charge is 2.19. The molecular formula is C14H23Cl2N3. The summed E-state index contributed by atoms with van der Waals surface area (Å²) in [6, 6.07) is 0. The zero-order chi connectivity index (χ0) is 13.8. The van der Waals surface area contributed by atoms with E-state index in [1.54, 1.807) is 0 Å². The minimum atomic E-state index is 0.398. The summed E-state index contributed by atoms with van der Waals surface area (Å²) >= 11 is 12.4. The molecule has 2 rings (SSSR count). The van der Waals surface area contributed by atoms with Crippen molar-refractivity contribution in [2.75, 3.05) is 6.54 Å².